The van der Waals surface area contributed by atoms with Crippen LogP contribution in [0.2, 0.25) is 0 Å². The van der Waals surface area contributed by atoms with Crippen molar-refractivity contribution in [2.75, 3.05) is 20.2 Å². The lowest BCUT2D eigenvalue weighted by atomic mass is 10.2. The Morgan fingerprint density at radius 2 is 1.83 bits per heavy atom. The second-order valence-electron chi connectivity index (χ2n) is 4.78. The van der Waals surface area contributed by atoms with Crippen molar-refractivity contribution < 1.29 is 13.5 Å². The summed E-state index contributed by atoms with van der Waals surface area (Å²) in [7, 11) is 1.66. The van der Waals surface area contributed by atoms with E-state index >= 15 is 0 Å². The van der Waals surface area contributed by atoms with Gasteiger partial charge in [0, 0.05) is 19.7 Å². The number of rotatable bonds is 6. The van der Waals surface area contributed by atoms with Crippen LogP contribution in [0.4, 0.5) is 8.78 Å². The SMILES string of the molecule is CN=C(NCCOc1cccc(F)c1)NCc1ccc(F)cc1. The van der Waals surface area contributed by atoms with Crippen LogP contribution in [-0.4, -0.2) is 26.2 Å². The van der Waals surface area contributed by atoms with E-state index in [0.29, 0.717) is 31.4 Å². The Labute approximate surface area is 134 Å². The molecule has 0 radical (unpaired) electrons. The van der Waals surface area contributed by atoms with E-state index in [1.807, 2.05) is 0 Å². The van der Waals surface area contributed by atoms with Gasteiger partial charge in [-0.1, -0.05) is 18.2 Å². The van der Waals surface area contributed by atoms with Crippen molar-refractivity contribution in [1.29, 1.82) is 0 Å². The highest BCUT2D eigenvalue weighted by atomic mass is 19.1. The third kappa shape index (κ3) is 5.94. The number of hydrogen-bond donors (Lipinski definition) is 2. The number of halogens is 2. The Balaban J connectivity index is 1.69. The molecule has 2 aromatic carbocycles. The van der Waals surface area contributed by atoms with E-state index in [1.165, 1.54) is 24.3 Å². The molecule has 0 saturated carbocycles. The zero-order chi connectivity index (χ0) is 16.5. The van der Waals surface area contributed by atoms with Crippen LogP contribution >= 0.6 is 0 Å². The molecule has 0 aliphatic rings. The van der Waals surface area contributed by atoms with Crippen molar-refractivity contribution in [3.8, 4) is 5.75 Å². The summed E-state index contributed by atoms with van der Waals surface area (Å²) in [6, 6.07) is 12.3. The standard InChI is InChI=1S/C17H19F2N3O/c1-20-17(22-12-13-5-7-14(18)8-6-13)21-9-10-23-16-4-2-3-15(19)11-16/h2-8,11H,9-10,12H2,1H3,(H2,20,21,22). The summed E-state index contributed by atoms with van der Waals surface area (Å²) in [6.45, 7) is 1.42. The summed E-state index contributed by atoms with van der Waals surface area (Å²) in [5, 5.41) is 6.20. The fraction of sp³-hybridized carbons (Fsp3) is 0.235. The van der Waals surface area contributed by atoms with Crippen molar-refractivity contribution in [2.24, 2.45) is 4.99 Å². The zero-order valence-corrected chi connectivity index (χ0v) is 12.9. The molecular formula is C17H19F2N3O. The van der Waals surface area contributed by atoms with Gasteiger partial charge in [0.15, 0.2) is 5.96 Å². The molecule has 0 aliphatic carbocycles. The van der Waals surface area contributed by atoms with E-state index in [2.05, 4.69) is 15.6 Å². The summed E-state index contributed by atoms with van der Waals surface area (Å²) < 4.78 is 31.3. The molecule has 2 rings (SSSR count). The first kappa shape index (κ1) is 16.7. The molecule has 0 aliphatic heterocycles. The van der Waals surface area contributed by atoms with Crippen molar-refractivity contribution in [2.45, 2.75) is 6.54 Å². The lowest BCUT2D eigenvalue weighted by Crippen LogP contribution is -2.38. The van der Waals surface area contributed by atoms with Crippen LogP contribution in [0.5, 0.6) is 5.75 Å². The maximum absolute atomic E-state index is 13.0. The molecular weight excluding hydrogens is 300 g/mol. The van der Waals surface area contributed by atoms with Gasteiger partial charge in [-0.25, -0.2) is 8.78 Å². The molecule has 2 N–H and O–H groups in total. The van der Waals surface area contributed by atoms with Crippen molar-refractivity contribution >= 4 is 5.96 Å². The van der Waals surface area contributed by atoms with Crippen LogP contribution in [0.3, 0.4) is 0 Å². The number of nitrogens with zero attached hydrogens (tertiary/aromatic N) is 1. The van der Waals surface area contributed by atoms with Crippen molar-refractivity contribution in [3.63, 3.8) is 0 Å². The van der Waals surface area contributed by atoms with Crippen LogP contribution in [0, 0.1) is 11.6 Å². The lowest BCUT2D eigenvalue weighted by molar-refractivity contribution is 0.320. The molecule has 0 spiro atoms. The number of guanidine groups is 1. The molecule has 23 heavy (non-hydrogen) atoms. The highest BCUT2D eigenvalue weighted by molar-refractivity contribution is 5.79. The smallest absolute Gasteiger partial charge is 0.191 e. The van der Waals surface area contributed by atoms with Gasteiger partial charge in [0.1, 0.15) is 24.0 Å². The van der Waals surface area contributed by atoms with Gasteiger partial charge in [0.2, 0.25) is 0 Å². The van der Waals surface area contributed by atoms with Crippen molar-refractivity contribution in [3.05, 3.63) is 65.7 Å². The fourth-order valence-electron chi connectivity index (χ4n) is 1.90. The van der Waals surface area contributed by atoms with Crippen LogP contribution < -0.4 is 15.4 Å². The first-order valence-corrected chi connectivity index (χ1v) is 7.24. The predicted octanol–water partition coefficient (Wildman–Crippen LogP) is 2.71. The molecule has 0 atom stereocenters. The van der Waals surface area contributed by atoms with Crippen LogP contribution in [-0.2, 0) is 6.54 Å². The Morgan fingerprint density at radius 1 is 1.04 bits per heavy atom. The first-order valence-electron chi connectivity index (χ1n) is 7.24. The first-order chi connectivity index (χ1) is 11.2. The lowest BCUT2D eigenvalue weighted by Gasteiger charge is -2.12. The maximum Gasteiger partial charge on any atom is 0.191 e. The van der Waals surface area contributed by atoms with E-state index in [4.69, 9.17) is 4.74 Å². The minimum atomic E-state index is -0.327. The third-order valence-corrected chi connectivity index (χ3v) is 3.06. The van der Waals surface area contributed by atoms with E-state index in [-0.39, 0.29) is 11.6 Å². The van der Waals surface area contributed by atoms with Gasteiger partial charge in [-0.15, -0.1) is 0 Å². The molecule has 0 heterocycles. The largest absolute Gasteiger partial charge is 0.492 e. The van der Waals surface area contributed by atoms with Gasteiger partial charge >= 0.3 is 0 Å². The van der Waals surface area contributed by atoms with Crippen LogP contribution in [0.1, 0.15) is 5.56 Å². The molecule has 4 nitrogen and oxygen atoms in total. The molecule has 0 saturated heterocycles. The minimum absolute atomic E-state index is 0.259. The summed E-state index contributed by atoms with van der Waals surface area (Å²) in [6.07, 6.45) is 0. The Bertz CT molecular complexity index is 645. The average Bonchev–Trinajstić information content (AvgIpc) is 2.56. The zero-order valence-electron chi connectivity index (χ0n) is 12.9. The molecule has 0 aromatic heterocycles. The van der Waals surface area contributed by atoms with Gasteiger partial charge in [-0.05, 0) is 29.8 Å². The van der Waals surface area contributed by atoms with E-state index in [1.54, 1.807) is 31.3 Å². The number of ether oxygens (including phenoxy) is 1. The quantitative estimate of drug-likeness (QED) is 0.489. The maximum atomic E-state index is 13.0. The minimum Gasteiger partial charge on any atom is -0.492 e. The van der Waals surface area contributed by atoms with Gasteiger partial charge in [-0.3, -0.25) is 4.99 Å². The molecule has 122 valence electrons. The fourth-order valence-corrected chi connectivity index (χ4v) is 1.90. The molecule has 6 heteroatoms. The second-order valence-corrected chi connectivity index (χ2v) is 4.78. The van der Waals surface area contributed by atoms with E-state index in [9.17, 15) is 8.78 Å². The highest BCUT2D eigenvalue weighted by Crippen LogP contribution is 2.11. The summed E-state index contributed by atoms with van der Waals surface area (Å²) in [5.41, 5.74) is 0.949. The van der Waals surface area contributed by atoms with Gasteiger partial charge in [-0.2, -0.15) is 0 Å². The van der Waals surface area contributed by atoms with E-state index in [0.717, 1.165) is 5.56 Å². The number of hydrogen-bond acceptors (Lipinski definition) is 2. The second kappa shape index (κ2) is 8.73. The van der Waals surface area contributed by atoms with Gasteiger partial charge < -0.3 is 15.4 Å². The van der Waals surface area contributed by atoms with Gasteiger partial charge in [0.25, 0.3) is 0 Å². The molecule has 2 aromatic rings. The predicted molar refractivity (Wildman–Crippen MR) is 86.5 cm³/mol. The number of benzene rings is 2. The average molecular weight is 319 g/mol. The monoisotopic (exact) mass is 319 g/mol. The van der Waals surface area contributed by atoms with Gasteiger partial charge in [0.05, 0.1) is 6.54 Å². The summed E-state index contributed by atoms with van der Waals surface area (Å²) in [4.78, 5) is 4.08. The number of aliphatic imine (C=N–C) groups is 1. The summed E-state index contributed by atoms with van der Waals surface area (Å²) >= 11 is 0. The van der Waals surface area contributed by atoms with Crippen LogP contribution in [0.15, 0.2) is 53.5 Å². The number of nitrogens with one attached hydrogen (secondary N) is 2. The van der Waals surface area contributed by atoms with Crippen LogP contribution in [0.25, 0.3) is 0 Å². The molecule has 0 unspecified atom stereocenters. The van der Waals surface area contributed by atoms with Crippen molar-refractivity contribution in [1.82, 2.24) is 10.6 Å². The van der Waals surface area contributed by atoms with E-state index < -0.39 is 0 Å². The third-order valence-electron chi connectivity index (χ3n) is 3.06. The molecule has 0 bridgehead atoms. The Morgan fingerprint density at radius 3 is 2.52 bits per heavy atom. The Hall–Kier alpha value is -2.63. The molecule has 0 amide bonds. The normalized spacial score (nSPS) is 11.2. The summed E-state index contributed by atoms with van der Waals surface area (Å²) in [5.74, 6) is 0.510. The topological polar surface area (TPSA) is 45.7 Å². The highest BCUT2D eigenvalue weighted by Gasteiger charge is 2.00. The Kier molecular flexibility index (Phi) is 6.35. The molecule has 0 fully saturated rings.